The zero-order valence-corrected chi connectivity index (χ0v) is 18.8. The Morgan fingerprint density at radius 1 is 1.27 bits per heavy atom. The lowest BCUT2D eigenvalue weighted by atomic mass is 9.98. The molecule has 4 rings (SSSR count). The van der Waals surface area contributed by atoms with Crippen LogP contribution in [0.1, 0.15) is 39.7 Å². The largest absolute Gasteiger partial charge is 0.301 e. The van der Waals surface area contributed by atoms with Crippen LogP contribution < -0.4 is 5.32 Å². The first kappa shape index (κ1) is 21.0. The fourth-order valence-electron chi connectivity index (χ4n) is 3.95. The van der Waals surface area contributed by atoms with Crippen molar-refractivity contribution in [3.05, 3.63) is 75.0 Å². The predicted molar refractivity (Wildman–Crippen MR) is 123 cm³/mol. The van der Waals surface area contributed by atoms with E-state index in [0.717, 1.165) is 47.2 Å². The summed E-state index contributed by atoms with van der Waals surface area (Å²) in [6.07, 6.45) is 3.62. The number of aromatic nitrogens is 2. The Kier molecular flexibility index (Phi) is 6.46. The van der Waals surface area contributed by atoms with E-state index in [1.165, 1.54) is 22.5 Å². The third-order valence-electron chi connectivity index (χ3n) is 5.26. The SMILES string of the molecule is Cc1cc(Cc2cccc(Cl)c2)cc([C@@H]2CCN(CC(=O)Nc3ncc(C)s3)C2)n1. The number of carbonyl (C=O) groups excluding carboxylic acids is 1. The number of thiazole rings is 1. The summed E-state index contributed by atoms with van der Waals surface area (Å²) in [5.74, 6) is 0.335. The van der Waals surface area contributed by atoms with Crippen LogP contribution in [0.4, 0.5) is 5.13 Å². The molecule has 0 unspecified atom stereocenters. The smallest absolute Gasteiger partial charge is 0.240 e. The van der Waals surface area contributed by atoms with Gasteiger partial charge in [0.15, 0.2) is 5.13 Å². The molecule has 3 aromatic rings. The van der Waals surface area contributed by atoms with Gasteiger partial charge >= 0.3 is 0 Å². The molecule has 1 aliphatic heterocycles. The summed E-state index contributed by atoms with van der Waals surface area (Å²) < 4.78 is 0. The van der Waals surface area contributed by atoms with Crippen molar-refractivity contribution in [3.8, 4) is 0 Å². The summed E-state index contributed by atoms with van der Waals surface area (Å²) in [4.78, 5) is 24.6. The van der Waals surface area contributed by atoms with E-state index >= 15 is 0 Å². The van der Waals surface area contributed by atoms with Gasteiger partial charge in [-0.2, -0.15) is 0 Å². The van der Waals surface area contributed by atoms with Gasteiger partial charge in [-0.1, -0.05) is 23.7 Å². The molecule has 0 radical (unpaired) electrons. The lowest BCUT2D eigenvalue weighted by Crippen LogP contribution is -2.31. The molecule has 2 aromatic heterocycles. The van der Waals surface area contributed by atoms with E-state index in [1.807, 2.05) is 32.0 Å². The second-order valence-electron chi connectivity index (χ2n) is 7.89. The third-order valence-corrected chi connectivity index (χ3v) is 6.32. The number of aryl methyl sites for hydroxylation is 2. The van der Waals surface area contributed by atoms with Crippen molar-refractivity contribution in [1.82, 2.24) is 14.9 Å². The molecule has 1 amide bonds. The standard InChI is InChI=1S/C23H25ClN4OS/c1-15-8-18(9-17-4-3-5-20(24)10-17)11-21(26-15)19-6-7-28(13-19)14-22(29)27-23-25-12-16(2)30-23/h3-5,8,10-12,19H,6-7,9,13-14H2,1-2H3,(H,25,27,29)/t19-/m1/s1. The number of likely N-dealkylation sites (tertiary alicyclic amines) is 1. The van der Waals surface area contributed by atoms with E-state index in [1.54, 1.807) is 6.20 Å². The van der Waals surface area contributed by atoms with E-state index in [0.29, 0.717) is 17.6 Å². The molecular weight excluding hydrogens is 416 g/mol. The van der Waals surface area contributed by atoms with E-state index in [9.17, 15) is 4.79 Å². The number of anilines is 1. The minimum absolute atomic E-state index is 0.0103. The highest BCUT2D eigenvalue weighted by atomic mass is 35.5. The Morgan fingerprint density at radius 2 is 2.13 bits per heavy atom. The van der Waals surface area contributed by atoms with Crippen LogP contribution in [0.15, 0.2) is 42.6 Å². The minimum Gasteiger partial charge on any atom is -0.301 e. The molecule has 0 aliphatic carbocycles. The van der Waals surface area contributed by atoms with Gasteiger partial charge in [-0.3, -0.25) is 14.7 Å². The number of nitrogens with one attached hydrogen (secondary N) is 1. The van der Waals surface area contributed by atoms with Crippen LogP contribution in [-0.4, -0.2) is 40.4 Å². The predicted octanol–water partition coefficient (Wildman–Crippen LogP) is 4.83. The number of carbonyl (C=O) groups is 1. The number of hydrogen-bond acceptors (Lipinski definition) is 5. The van der Waals surface area contributed by atoms with Crippen molar-refractivity contribution < 1.29 is 4.79 Å². The first-order chi connectivity index (χ1) is 14.4. The summed E-state index contributed by atoms with van der Waals surface area (Å²) in [5.41, 5.74) is 4.58. The molecule has 0 spiro atoms. The molecule has 1 aliphatic rings. The summed E-state index contributed by atoms with van der Waals surface area (Å²) in [5, 5.41) is 4.32. The Bertz CT molecular complexity index is 1050. The van der Waals surface area contributed by atoms with E-state index < -0.39 is 0 Å². The van der Waals surface area contributed by atoms with Crippen molar-refractivity contribution in [2.45, 2.75) is 32.6 Å². The van der Waals surface area contributed by atoms with E-state index in [-0.39, 0.29) is 5.91 Å². The van der Waals surface area contributed by atoms with Crippen LogP contribution in [0, 0.1) is 13.8 Å². The third kappa shape index (κ3) is 5.45. The molecule has 3 heterocycles. The van der Waals surface area contributed by atoms with Gasteiger partial charge in [0.1, 0.15) is 0 Å². The highest BCUT2D eigenvalue weighted by molar-refractivity contribution is 7.15. The van der Waals surface area contributed by atoms with Crippen molar-refractivity contribution in [1.29, 1.82) is 0 Å². The second kappa shape index (κ2) is 9.25. The Labute approximate surface area is 186 Å². The first-order valence-corrected chi connectivity index (χ1v) is 11.3. The number of rotatable bonds is 6. The maximum absolute atomic E-state index is 12.3. The monoisotopic (exact) mass is 440 g/mol. The van der Waals surface area contributed by atoms with Crippen LogP contribution in [0.5, 0.6) is 0 Å². The number of pyridine rings is 1. The Morgan fingerprint density at radius 3 is 2.90 bits per heavy atom. The molecule has 156 valence electrons. The maximum Gasteiger partial charge on any atom is 0.240 e. The Hall–Kier alpha value is -2.28. The number of halogens is 1. The molecule has 5 nitrogen and oxygen atoms in total. The van der Waals surface area contributed by atoms with Crippen LogP contribution in [-0.2, 0) is 11.2 Å². The highest BCUT2D eigenvalue weighted by Gasteiger charge is 2.26. The average Bonchev–Trinajstić information content (AvgIpc) is 3.30. The summed E-state index contributed by atoms with van der Waals surface area (Å²) in [6.45, 7) is 6.15. The van der Waals surface area contributed by atoms with Crippen molar-refractivity contribution >= 4 is 34.0 Å². The van der Waals surface area contributed by atoms with Gasteiger partial charge in [0.25, 0.3) is 0 Å². The van der Waals surface area contributed by atoms with Gasteiger partial charge in [-0.15, -0.1) is 11.3 Å². The minimum atomic E-state index is -0.0103. The van der Waals surface area contributed by atoms with Crippen molar-refractivity contribution in [2.24, 2.45) is 0 Å². The zero-order chi connectivity index (χ0) is 21.1. The van der Waals surface area contributed by atoms with Gasteiger partial charge in [-0.25, -0.2) is 4.98 Å². The maximum atomic E-state index is 12.3. The molecule has 0 saturated carbocycles. The molecule has 1 atom stereocenters. The molecular formula is C23H25ClN4OS. The number of hydrogen-bond donors (Lipinski definition) is 1. The highest BCUT2D eigenvalue weighted by Crippen LogP contribution is 2.27. The number of benzene rings is 1. The lowest BCUT2D eigenvalue weighted by molar-refractivity contribution is -0.117. The first-order valence-electron chi connectivity index (χ1n) is 10.1. The molecule has 7 heteroatoms. The quantitative estimate of drug-likeness (QED) is 0.596. The van der Waals surface area contributed by atoms with Gasteiger partial charge in [0.05, 0.1) is 6.54 Å². The number of amides is 1. The van der Waals surface area contributed by atoms with E-state index in [2.05, 4.69) is 33.4 Å². The second-order valence-corrected chi connectivity index (χ2v) is 9.56. The average molecular weight is 441 g/mol. The summed E-state index contributed by atoms with van der Waals surface area (Å²) >= 11 is 7.63. The molecule has 1 N–H and O–H groups in total. The van der Waals surface area contributed by atoms with Crippen molar-refractivity contribution in [2.75, 3.05) is 25.0 Å². The molecule has 1 saturated heterocycles. The molecule has 1 fully saturated rings. The summed E-state index contributed by atoms with van der Waals surface area (Å²) in [6, 6.07) is 12.3. The van der Waals surface area contributed by atoms with Gasteiger partial charge in [0, 0.05) is 39.9 Å². The van der Waals surface area contributed by atoms with Crippen LogP contribution in [0.2, 0.25) is 5.02 Å². The van der Waals surface area contributed by atoms with Gasteiger partial charge < -0.3 is 5.32 Å². The molecule has 0 bridgehead atoms. The fraction of sp³-hybridized carbons (Fsp3) is 0.348. The lowest BCUT2D eigenvalue weighted by Gasteiger charge is -2.16. The topological polar surface area (TPSA) is 58.1 Å². The molecule has 30 heavy (non-hydrogen) atoms. The normalized spacial score (nSPS) is 16.7. The van der Waals surface area contributed by atoms with Gasteiger partial charge in [-0.05, 0) is 68.6 Å². The molecule has 1 aromatic carbocycles. The fourth-order valence-corrected chi connectivity index (χ4v) is 4.85. The summed E-state index contributed by atoms with van der Waals surface area (Å²) in [7, 11) is 0. The van der Waals surface area contributed by atoms with E-state index in [4.69, 9.17) is 16.6 Å². The van der Waals surface area contributed by atoms with Crippen LogP contribution >= 0.6 is 22.9 Å². The van der Waals surface area contributed by atoms with Crippen LogP contribution in [0.3, 0.4) is 0 Å². The number of nitrogens with zero attached hydrogens (tertiary/aromatic N) is 3. The van der Waals surface area contributed by atoms with Crippen LogP contribution in [0.25, 0.3) is 0 Å². The Balaban J connectivity index is 1.38. The van der Waals surface area contributed by atoms with Crippen molar-refractivity contribution in [3.63, 3.8) is 0 Å². The van der Waals surface area contributed by atoms with Gasteiger partial charge in [0.2, 0.25) is 5.91 Å². The zero-order valence-electron chi connectivity index (χ0n) is 17.2.